The summed E-state index contributed by atoms with van der Waals surface area (Å²) in [4.78, 5) is 0. The lowest BCUT2D eigenvalue weighted by Crippen LogP contribution is -1.78. The SMILES string of the molecule is Oc1cc(-c2ccco2)cc(-c2ccco2)c1. The van der Waals surface area contributed by atoms with Crippen LogP contribution in [0.2, 0.25) is 0 Å². The standard InChI is InChI=1S/C14H10O3/c15-12-8-10(13-3-1-5-16-13)7-11(9-12)14-4-2-6-17-14/h1-9,15H. The normalized spacial score (nSPS) is 10.6. The lowest BCUT2D eigenvalue weighted by Gasteiger charge is -2.02. The fourth-order valence-electron chi connectivity index (χ4n) is 1.78. The van der Waals surface area contributed by atoms with Crippen molar-refractivity contribution in [1.29, 1.82) is 0 Å². The molecule has 0 radical (unpaired) electrons. The van der Waals surface area contributed by atoms with E-state index in [1.807, 2.05) is 30.3 Å². The first-order valence-corrected chi connectivity index (χ1v) is 5.25. The number of phenolic OH excluding ortho intramolecular Hbond substituents is 1. The first kappa shape index (κ1) is 9.78. The molecule has 0 amide bonds. The van der Waals surface area contributed by atoms with Crippen molar-refractivity contribution in [3.05, 3.63) is 55.0 Å². The minimum Gasteiger partial charge on any atom is -0.508 e. The Morgan fingerprint density at radius 3 is 1.71 bits per heavy atom. The summed E-state index contributed by atoms with van der Waals surface area (Å²) in [5.41, 5.74) is 1.64. The molecule has 3 rings (SSSR count). The number of benzene rings is 1. The third-order valence-electron chi connectivity index (χ3n) is 2.53. The van der Waals surface area contributed by atoms with E-state index in [1.165, 1.54) is 0 Å². The summed E-state index contributed by atoms with van der Waals surface area (Å²) in [6, 6.07) is 12.5. The fourth-order valence-corrected chi connectivity index (χ4v) is 1.78. The summed E-state index contributed by atoms with van der Waals surface area (Å²) < 4.78 is 10.6. The molecule has 0 aliphatic heterocycles. The summed E-state index contributed by atoms with van der Waals surface area (Å²) in [6.07, 6.45) is 3.21. The van der Waals surface area contributed by atoms with Crippen molar-refractivity contribution in [2.45, 2.75) is 0 Å². The maximum Gasteiger partial charge on any atom is 0.134 e. The van der Waals surface area contributed by atoms with Crippen LogP contribution in [0, 0.1) is 0 Å². The van der Waals surface area contributed by atoms with Crippen molar-refractivity contribution < 1.29 is 13.9 Å². The van der Waals surface area contributed by atoms with E-state index in [2.05, 4.69) is 0 Å². The van der Waals surface area contributed by atoms with Crippen LogP contribution in [-0.4, -0.2) is 5.11 Å². The summed E-state index contributed by atoms with van der Waals surface area (Å²) in [7, 11) is 0. The Bertz CT molecular complexity index is 554. The van der Waals surface area contributed by atoms with Gasteiger partial charge in [0, 0.05) is 11.1 Å². The van der Waals surface area contributed by atoms with E-state index in [0.29, 0.717) is 11.5 Å². The Labute approximate surface area is 97.9 Å². The molecular formula is C14H10O3. The van der Waals surface area contributed by atoms with Gasteiger partial charge in [-0.3, -0.25) is 0 Å². The second-order valence-electron chi connectivity index (χ2n) is 3.72. The molecule has 0 atom stereocenters. The van der Waals surface area contributed by atoms with E-state index in [4.69, 9.17) is 8.83 Å². The minimum atomic E-state index is 0.185. The third-order valence-corrected chi connectivity index (χ3v) is 2.53. The lowest BCUT2D eigenvalue weighted by atomic mass is 10.1. The lowest BCUT2D eigenvalue weighted by molar-refractivity contribution is 0.475. The molecule has 0 bridgehead atoms. The molecule has 2 aromatic heterocycles. The average molecular weight is 226 g/mol. The number of furan rings is 2. The van der Waals surface area contributed by atoms with E-state index in [1.54, 1.807) is 24.7 Å². The first-order chi connectivity index (χ1) is 8.33. The Hall–Kier alpha value is -2.42. The van der Waals surface area contributed by atoms with Crippen LogP contribution in [0.5, 0.6) is 5.75 Å². The van der Waals surface area contributed by atoms with E-state index < -0.39 is 0 Å². The monoisotopic (exact) mass is 226 g/mol. The van der Waals surface area contributed by atoms with Gasteiger partial charge in [0.15, 0.2) is 0 Å². The highest BCUT2D eigenvalue weighted by atomic mass is 16.3. The van der Waals surface area contributed by atoms with Gasteiger partial charge in [-0.15, -0.1) is 0 Å². The second kappa shape index (κ2) is 3.87. The van der Waals surface area contributed by atoms with Crippen LogP contribution in [0.4, 0.5) is 0 Å². The molecule has 1 aromatic carbocycles. The van der Waals surface area contributed by atoms with Gasteiger partial charge in [-0.1, -0.05) is 0 Å². The number of rotatable bonds is 2. The van der Waals surface area contributed by atoms with E-state index in [0.717, 1.165) is 11.1 Å². The van der Waals surface area contributed by atoms with Crippen molar-refractivity contribution in [1.82, 2.24) is 0 Å². The van der Waals surface area contributed by atoms with E-state index >= 15 is 0 Å². The van der Waals surface area contributed by atoms with Crippen LogP contribution in [-0.2, 0) is 0 Å². The molecule has 0 aliphatic rings. The second-order valence-corrected chi connectivity index (χ2v) is 3.72. The van der Waals surface area contributed by atoms with Gasteiger partial charge >= 0.3 is 0 Å². The summed E-state index contributed by atoms with van der Waals surface area (Å²) in [6.45, 7) is 0. The minimum absolute atomic E-state index is 0.185. The van der Waals surface area contributed by atoms with Crippen molar-refractivity contribution in [2.75, 3.05) is 0 Å². The summed E-state index contributed by atoms with van der Waals surface area (Å²) in [5, 5.41) is 9.71. The first-order valence-electron chi connectivity index (χ1n) is 5.25. The molecular weight excluding hydrogens is 216 g/mol. The van der Waals surface area contributed by atoms with Crippen LogP contribution in [0.15, 0.2) is 63.8 Å². The molecule has 3 nitrogen and oxygen atoms in total. The Kier molecular flexibility index (Phi) is 2.22. The Balaban J connectivity index is 2.13. The molecule has 17 heavy (non-hydrogen) atoms. The Morgan fingerprint density at radius 1 is 0.765 bits per heavy atom. The zero-order valence-corrected chi connectivity index (χ0v) is 8.96. The smallest absolute Gasteiger partial charge is 0.134 e. The fraction of sp³-hybridized carbons (Fsp3) is 0. The molecule has 3 heteroatoms. The van der Waals surface area contributed by atoms with Crippen molar-refractivity contribution in [3.8, 4) is 28.4 Å². The molecule has 84 valence electrons. The van der Waals surface area contributed by atoms with Gasteiger partial charge in [0.2, 0.25) is 0 Å². The van der Waals surface area contributed by atoms with Crippen LogP contribution in [0.1, 0.15) is 0 Å². The number of hydrogen-bond donors (Lipinski definition) is 1. The highest BCUT2D eigenvalue weighted by molar-refractivity contribution is 5.70. The van der Waals surface area contributed by atoms with Crippen LogP contribution >= 0.6 is 0 Å². The predicted molar refractivity (Wildman–Crippen MR) is 63.5 cm³/mol. The predicted octanol–water partition coefficient (Wildman–Crippen LogP) is 3.91. The van der Waals surface area contributed by atoms with E-state index in [-0.39, 0.29) is 5.75 Å². The summed E-state index contributed by atoms with van der Waals surface area (Å²) in [5.74, 6) is 1.62. The quantitative estimate of drug-likeness (QED) is 0.720. The zero-order valence-electron chi connectivity index (χ0n) is 8.96. The number of hydrogen-bond acceptors (Lipinski definition) is 3. The highest BCUT2D eigenvalue weighted by Crippen LogP contribution is 2.31. The van der Waals surface area contributed by atoms with Gasteiger partial charge in [0.1, 0.15) is 17.3 Å². The number of aromatic hydroxyl groups is 1. The van der Waals surface area contributed by atoms with Gasteiger partial charge in [-0.05, 0) is 42.5 Å². The highest BCUT2D eigenvalue weighted by Gasteiger charge is 2.07. The molecule has 0 fully saturated rings. The van der Waals surface area contributed by atoms with Gasteiger partial charge < -0.3 is 13.9 Å². The zero-order chi connectivity index (χ0) is 11.7. The van der Waals surface area contributed by atoms with Gasteiger partial charge in [0.25, 0.3) is 0 Å². The maximum atomic E-state index is 9.71. The molecule has 0 saturated carbocycles. The molecule has 0 spiro atoms. The van der Waals surface area contributed by atoms with E-state index in [9.17, 15) is 5.11 Å². The van der Waals surface area contributed by atoms with Crippen LogP contribution in [0.3, 0.4) is 0 Å². The molecule has 2 heterocycles. The molecule has 0 aliphatic carbocycles. The largest absolute Gasteiger partial charge is 0.508 e. The van der Waals surface area contributed by atoms with Gasteiger partial charge in [0.05, 0.1) is 12.5 Å². The molecule has 1 N–H and O–H groups in total. The van der Waals surface area contributed by atoms with Gasteiger partial charge in [-0.2, -0.15) is 0 Å². The average Bonchev–Trinajstić information content (AvgIpc) is 3.02. The van der Waals surface area contributed by atoms with Crippen LogP contribution in [0.25, 0.3) is 22.6 Å². The summed E-state index contributed by atoms with van der Waals surface area (Å²) >= 11 is 0. The maximum absolute atomic E-state index is 9.71. The Morgan fingerprint density at radius 2 is 1.29 bits per heavy atom. The van der Waals surface area contributed by atoms with Crippen LogP contribution < -0.4 is 0 Å². The molecule has 0 saturated heterocycles. The molecule has 0 unspecified atom stereocenters. The third kappa shape index (κ3) is 1.83. The molecule has 3 aromatic rings. The van der Waals surface area contributed by atoms with Crippen molar-refractivity contribution in [3.63, 3.8) is 0 Å². The van der Waals surface area contributed by atoms with Crippen molar-refractivity contribution >= 4 is 0 Å². The van der Waals surface area contributed by atoms with Crippen molar-refractivity contribution in [2.24, 2.45) is 0 Å². The van der Waals surface area contributed by atoms with Gasteiger partial charge in [-0.25, -0.2) is 0 Å². The number of phenols is 1. The topological polar surface area (TPSA) is 46.5 Å².